The lowest BCUT2D eigenvalue weighted by atomic mass is 10.0. The first-order chi connectivity index (χ1) is 20.1. The van der Waals surface area contributed by atoms with E-state index in [-0.39, 0.29) is 41.4 Å². The number of carbonyl (C=O) groups excluding carboxylic acids is 5. The number of fused-ring (bicyclic) bond motifs is 1. The number of anilines is 1. The number of ether oxygens (including phenoxy) is 2. The number of carbonyl (C=O) groups is 5. The summed E-state index contributed by atoms with van der Waals surface area (Å²) in [4.78, 5) is 75.3. The van der Waals surface area contributed by atoms with Crippen LogP contribution in [0.25, 0.3) is 0 Å². The van der Waals surface area contributed by atoms with Crippen molar-refractivity contribution in [3.63, 3.8) is 0 Å². The largest absolute Gasteiger partial charge is 0.463 e. The average Bonchev–Trinajstić information content (AvgIpc) is 3.42. The van der Waals surface area contributed by atoms with E-state index >= 15 is 0 Å². The molecule has 3 amide bonds. The molecule has 16 heteroatoms. The van der Waals surface area contributed by atoms with E-state index in [1.165, 1.54) is 35.0 Å². The summed E-state index contributed by atoms with van der Waals surface area (Å²) < 4.78 is 10.3. The standard InChI is InChI=1S/C26H34N6O8S2/c1-6-16-13-41-24-20(23(36)32(24)21(16)25(37)39-11-10-31(7-2)8-3)29-22(35)19(30-40-12-18(34)38-9-4)17-14-42-26(28-17)27-15(5)33/h6,14,20,24H,1,7-13H2,2-5H3,(H,29,35)(H,27,28,33). The second-order valence-corrected chi connectivity index (χ2v) is 10.8. The van der Waals surface area contributed by atoms with Gasteiger partial charge in [0.15, 0.2) is 10.8 Å². The number of thiazole rings is 1. The van der Waals surface area contributed by atoms with Gasteiger partial charge in [-0.2, -0.15) is 0 Å². The Morgan fingerprint density at radius 2 is 1.98 bits per heavy atom. The number of nitrogens with zero attached hydrogens (tertiary/aromatic N) is 4. The van der Waals surface area contributed by atoms with Crippen molar-refractivity contribution in [3.8, 4) is 0 Å². The molecule has 0 aliphatic carbocycles. The van der Waals surface area contributed by atoms with Crippen LogP contribution in [0.1, 0.15) is 33.4 Å². The number of oxime groups is 1. The third-order valence-corrected chi connectivity index (χ3v) is 8.21. The van der Waals surface area contributed by atoms with Gasteiger partial charge >= 0.3 is 11.9 Å². The molecule has 1 fully saturated rings. The van der Waals surface area contributed by atoms with E-state index in [9.17, 15) is 24.0 Å². The highest BCUT2D eigenvalue weighted by molar-refractivity contribution is 8.00. The summed E-state index contributed by atoms with van der Waals surface area (Å²) >= 11 is 2.40. The Morgan fingerprint density at radius 3 is 2.62 bits per heavy atom. The number of amides is 3. The van der Waals surface area contributed by atoms with Crippen LogP contribution in [-0.2, 0) is 38.3 Å². The molecule has 0 saturated carbocycles. The van der Waals surface area contributed by atoms with Crippen molar-refractivity contribution >= 4 is 63.6 Å². The summed E-state index contributed by atoms with van der Waals surface area (Å²) in [6.07, 6.45) is 1.52. The zero-order chi connectivity index (χ0) is 30.8. The molecule has 14 nitrogen and oxygen atoms in total. The van der Waals surface area contributed by atoms with Gasteiger partial charge in [0.2, 0.25) is 12.5 Å². The number of thioether (sulfide) groups is 1. The Balaban J connectivity index is 1.75. The van der Waals surface area contributed by atoms with E-state index in [0.29, 0.717) is 17.9 Å². The Morgan fingerprint density at radius 1 is 1.24 bits per heavy atom. The van der Waals surface area contributed by atoms with Crippen molar-refractivity contribution in [2.75, 3.05) is 50.5 Å². The second-order valence-electron chi connectivity index (χ2n) is 8.84. The molecule has 2 atom stereocenters. The Kier molecular flexibility index (Phi) is 12.1. The first-order valence-electron chi connectivity index (χ1n) is 13.2. The van der Waals surface area contributed by atoms with Gasteiger partial charge in [0.1, 0.15) is 29.4 Å². The molecule has 2 aliphatic heterocycles. The summed E-state index contributed by atoms with van der Waals surface area (Å²) in [5.41, 5.74) is 0.397. The molecule has 1 aromatic heterocycles. The number of esters is 2. The van der Waals surface area contributed by atoms with Crippen LogP contribution in [0.4, 0.5) is 5.13 Å². The number of likely N-dealkylation sites (N-methyl/N-ethyl adjacent to an activating group) is 1. The first-order valence-corrected chi connectivity index (χ1v) is 15.2. The number of rotatable bonds is 15. The van der Waals surface area contributed by atoms with Crippen LogP contribution < -0.4 is 10.6 Å². The molecule has 42 heavy (non-hydrogen) atoms. The van der Waals surface area contributed by atoms with Crippen LogP contribution in [0.3, 0.4) is 0 Å². The summed E-state index contributed by atoms with van der Waals surface area (Å²) in [7, 11) is 0. The molecule has 2 aliphatic rings. The topological polar surface area (TPSA) is 169 Å². The Bertz CT molecular complexity index is 1280. The van der Waals surface area contributed by atoms with Gasteiger partial charge in [-0.3, -0.25) is 19.3 Å². The fourth-order valence-electron chi connectivity index (χ4n) is 4.02. The minimum atomic E-state index is -0.990. The molecule has 3 heterocycles. The smallest absolute Gasteiger partial charge is 0.355 e. The number of aromatic nitrogens is 1. The van der Waals surface area contributed by atoms with Crippen molar-refractivity contribution in [1.82, 2.24) is 20.1 Å². The lowest BCUT2D eigenvalue weighted by molar-refractivity contribution is -0.152. The van der Waals surface area contributed by atoms with Crippen LogP contribution in [0.2, 0.25) is 0 Å². The van der Waals surface area contributed by atoms with E-state index in [4.69, 9.17) is 14.3 Å². The zero-order valence-corrected chi connectivity index (χ0v) is 25.5. The van der Waals surface area contributed by atoms with Gasteiger partial charge in [0, 0.05) is 24.6 Å². The molecular weight excluding hydrogens is 588 g/mol. The summed E-state index contributed by atoms with van der Waals surface area (Å²) in [6, 6.07) is -0.990. The molecule has 228 valence electrons. The van der Waals surface area contributed by atoms with Crippen molar-refractivity contribution < 1.29 is 38.3 Å². The molecule has 0 aromatic carbocycles. The van der Waals surface area contributed by atoms with E-state index in [1.807, 2.05) is 13.8 Å². The molecule has 1 aromatic rings. The SMILES string of the molecule is C=CC1=C(C(=O)OCCN(CC)CC)N2C(=O)C(NC(=O)C(=NOCC(=O)OCC)c3csc(NC(C)=O)n3)C2SC1. The van der Waals surface area contributed by atoms with Gasteiger partial charge in [0.05, 0.1) is 6.61 Å². The minimum Gasteiger partial charge on any atom is -0.463 e. The Hall–Kier alpha value is -3.76. The number of allylic oxidation sites excluding steroid dienone is 1. The summed E-state index contributed by atoms with van der Waals surface area (Å²) in [5.74, 6) is -2.63. The van der Waals surface area contributed by atoms with E-state index in [0.717, 1.165) is 24.4 Å². The van der Waals surface area contributed by atoms with Gasteiger partial charge in [0.25, 0.3) is 11.8 Å². The van der Waals surface area contributed by atoms with E-state index < -0.39 is 41.8 Å². The first kappa shape index (κ1) is 32.8. The highest BCUT2D eigenvalue weighted by atomic mass is 32.2. The molecule has 2 N–H and O–H groups in total. The molecule has 0 radical (unpaired) electrons. The van der Waals surface area contributed by atoms with Crippen LogP contribution in [0.5, 0.6) is 0 Å². The van der Waals surface area contributed by atoms with Crippen molar-refractivity contribution in [2.24, 2.45) is 5.16 Å². The molecule has 0 spiro atoms. The fraction of sp³-hybridized carbons (Fsp3) is 0.500. The maximum atomic E-state index is 13.3. The second kappa shape index (κ2) is 15.5. The lowest BCUT2D eigenvalue weighted by Gasteiger charge is -2.49. The van der Waals surface area contributed by atoms with Crippen molar-refractivity contribution in [2.45, 2.75) is 39.1 Å². The normalized spacial score (nSPS) is 18.2. The van der Waals surface area contributed by atoms with Crippen molar-refractivity contribution in [3.05, 3.63) is 35.0 Å². The number of β-lactam (4-membered cyclic amide) rings is 1. The molecule has 1 saturated heterocycles. The molecule has 3 rings (SSSR count). The third kappa shape index (κ3) is 7.95. The monoisotopic (exact) mass is 622 g/mol. The van der Waals surface area contributed by atoms with Gasteiger partial charge in [-0.25, -0.2) is 14.6 Å². The van der Waals surface area contributed by atoms with Crippen LogP contribution in [-0.4, -0.2) is 107 Å². The predicted octanol–water partition coefficient (Wildman–Crippen LogP) is 1.11. The highest BCUT2D eigenvalue weighted by Gasteiger charge is 2.54. The molecule has 0 bridgehead atoms. The number of hydrogen-bond donors (Lipinski definition) is 2. The van der Waals surface area contributed by atoms with E-state index in [2.05, 4.69) is 32.3 Å². The minimum absolute atomic E-state index is 0.0522. The Labute approximate surface area is 251 Å². The number of hydrogen-bond acceptors (Lipinski definition) is 13. The lowest BCUT2D eigenvalue weighted by Crippen LogP contribution is -2.71. The maximum absolute atomic E-state index is 13.3. The van der Waals surface area contributed by atoms with Crippen LogP contribution >= 0.6 is 23.1 Å². The van der Waals surface area contributed by atoms with Gasteiger partial charge < -0.3 is 29.8 Å². The predicted molar refractivity (Wildman–Crippen MR) is 157 cm³/mol. The zero-order valence-electron chi connectivity index (χ0n) is 23.8. The third-order valence-electron chi connectivity index (χ3n) is 6.15. The van der Waals surface area contributed by atoms with Crippen LogP contribution in [0, 0.1) is 0 Å². The molecular formula is C26H34N6O8S2. The quantitative estimate of drug-likeness (QED) is 0.124. The average molecular weight is 623 g/mol. The summed E-state index contributed by atoms with van der Waals surface area (Å²) in [5, 5.41) is 10.0. The molecule has 2 unspecified atom stereocenters. The van der Waals surface area contributed by atoms with E-state index in [1.54, 1.807) is 6.92 Å². The highest BCUT2D eigenvalue weighted by Crippen LogP contribution is 2.41. The summed E-state index contributed by atoms with van der Waals surface area (Å²) in [6.45, 7) is 12.7. The number of nitrogens with one attached hydrogen (secondary N) is 2. The van der Waals surface area contributed by atoms with Crippen molar-refractivity contribution in [1.29, 1.82) is 0 Å². The fourth-order valence-corrected chi connectivity index (χ4v) is 6.10. The maximum Gasteiger partial charge on any atom is 0.355 e. The van der Waals surface area contributed by atoms with Gasteiger partial charge in [-0.1, -0.05) is 31.7 Å². The van der Waals surface area contributed by atoms with Crippen LogP contribution in [0.15, 0.2) is 34.5 Å². The van der Waals surface area contributed by atoms with Gasteiger partial charge in [-0.05, 0) is 25.6 Å². The van der Waals surface area contributed by atoms with Gasteiger partial charge in [-0.15, -0.1) is 23.1 Å².